The van der Waals surface area contributed by atoms with E-state index in [1.807, 2.05) is 5.38 Å². The minimum absolute atomic E-state index is 0. The van der Waals surface area contributed by atoms with E-state index in [1.54, 1.807) is 36.5 Å². The van der Waals surface area contributed by atoms with Gasteiger partial charge < -0.3 is 5.11 Å². The third kappa shape index (κ3) is 3.16. The third-order valence-corrected chi connectivity index (χ3v) is 5.14. The standard InChI is InChI=1S/C19H12F3NOS.ClH/c20-19(21,22)12-5-4-11-9-15(17(24)16-3-1-2-7-23-16)18-13(6-8-25-18)14(11)10-12;/h1-10,17,24H;1H. The molecule has 7 heteroatoms. The number of nitrogens with zero attached hydrogens (tertiary/aromatic N) is 1. The van der Waals surface area contributed by atoms with Gasteiger partial charge in [0.1, 0.15) is 6.10 Å². The van der Waals surface area contributed by atoms with Crippen LogP contribution in [0.3, 0.4) is 0 Å². The van der Waals surface area contributed by atoms with Crippen LogP contribution in [0.5, 0.6) is 0 Å². The molecule has 0 spiro atoms. The van der Waals surface area contributed by atoms with Gasteiger partial charge in [0, 0.05) is 21.8 Å². The van der Waals surface area contributed by atoms with Gasteiger partial charge in [0.05, 0.1) is 11.3 Å². The second kappa shape index (κ2) is 6.87. The molecule has 1 atom stereocenters. The van der Waals surface area contributed by atoms with Crippen LogP contribution in [0.4, 0.5) is 13.2 Å². The van der Waals surface area contributed by atoms with Crippen LogP contribution in [0.1, 0.15) is 22.9 Å². The van der Waals surface area contributed by atoms with Crippen LogP contribution in [0.15, 0.2) is 60.1 Å². The summed E-state index contributed by atoms with van der Waals surface area (Å²) in [6.45, 7) is 0. The number of benzene rings is 2. The average molecular weight is 396 g/mol. The van der Waals surface area contributed by atoms with Crippen molar-refractivity contribution in [3.63, 3.8) is 0 Å². The van der Waals surface area contributed by atoms with Gasteiger partial charge in [-0.3, -0.25) is 4.98 Å². The molecule has 1 unspecified atom stereocenters. The van der Waals surface area contributed by atoms with Gasteiger partial charge in [-0.15, -0.1) is 23.7 Å². The van der Waals surface area contributed by atoms with Gasteiger partial charge in [0.15, 0.2) is 0 Å². The molecule has 0 bridgehead atoms. The lowest BCUT2D eigenvalue weighted by atomic mass is 9.97. The van der Waals surface area contributed by atoms with Crippen LogP contribution in [-0.2, 0) is 6.18 Å². The molecule has 134 valence electrons. The van der Waals surface area contributed by atoms with Crippen LogP contribution < -0.4 is 0 Å². The molecule has 2 aromatic carbocycles. The van der Waals surface area contributed by atoms with Gasteiger partial charge in [-0.25, -0.2) is 0 Å². The summed E-state index contributed by atoms with van der Waals surface area (Å²) in [6, 6.07) is 12.5. The summed E-state index contributed by atoms with van der Waals surface area (Å²) in [5.74, 6) is 0. The third-order valence-electron chi connectivity index (χ3n) is 4.17. The van der Waals surface area contributed by atoms with E-state index < -0.39 is 17.8 Å². The van der Waals surface area contributed by atoms with Gasteiger partial charge in [-0.05, 0) is 52.6 Å². The number of aromatic nitrogens is 1. The molecule has 0 aliphatic carbocycles. The maximum absolute atomic E-state index is 13.0. The van der Waals surface area contributed by atoms with Crippen LogP contribution in [0.2, 0.25) is 0 Å². The fourth-order valence-electron chi connectivity index (χ4n) is 2.97. The number of pyridine rings is 1. The van der Waals surface area contributed by atoms with E-state index in [2.05, 4.69) is 4.98 Å². The number of hydrogen-bond donors (Lipinski definition) is 1. The van der Waals surface area contributed by atoms with Crippen LogP contribution in [0, 0.1) is 0 Å². The number of alkyl halides is 3. The Morgan fingerprint density at radius 3 is 2.50 bits per heavy atom. The quantitative estimate of drug-likeness (QED) is 0.453. The molecular weight excluding hydrogens is 383 g/mol. The zero-order chi connectivity index (χ0) is 17.6. The Labute approximate surface area is 157 Å². The SMILES string of the molecule is Cl.OC(c1ccccn1)c1cc2ccc(C(F)(F)F)cc2c2ccsc12. The molecule has 0 amide bonds. The lowest BCUT2D eigenvalue weighted by molar-refractivity contribution is -0.137. The first-order valence-electron chi connectivity index (χ1n) is 7.55. The summed E-state index contributed by atoms with van der Waals surface area (Å²) in [6.07, 6.45) is -3.72. The summed E-state index contributed by atoms with van der Waals surface area (Å²) < 4.78 is 39.8. The van der Waals surface area contributed by atoms with Crippen LogP contribution in [-0.4, -0.2) is 10.1 Å². The smallest absolute Gasteiger partial charge is 0.382 e. The van der Waals surface area contributed by atoms with E-state index in [0.29, 0.717) is 27.4 Å². The van der Waals surface area contributed by atoms with Crippen molar-refractivity contribution >= 4 is 44.6 Å². The second-order valence-corrected chi connectivity index (χ2v) is 6.64. The molecule has 2 aromatic heterocycles. The highest BCUT2D eigenvalue weighted by Crippen LogP contribution is 2.39. The number of aliphatic hydroxyl groups is 1. The molecule has 0 aliphatic heterocycles. The Kier molecular flexibility index (Phi) is 4.92. The molecule has 0 aliphatic rings. The first-order chi connectivity index (χ1) is 11.9. The topological polar surface area (TPSA) is 33.1 Å². The normalized spacial score (nSPS) is 12.9. The largest absolute Gasteiger partial charge is 0.416 e. The van der Waals surface area contributed by atoms with Crippen molar-refractivity contribution in [1.29, 1.82) is 0 Å². The average Bonchev–Trinajstić information content (AvgIpc) is 3.10. The van der Waals surface area contributed by atoms with Crippen molar-refractivity contribution in [3.05, 3.63) is 76.9 Å². The van der Waals surface area contributed by atoms with Gasteiger partial charge in [-0.1, -0.05) is 12.1 Å². The van der Waals surface area contributed by atoms with Gasteiger partial charge >= 0.3 is 6.18 Å². The minimum atomic E-state index is -4.39. The molecule has 4 rings (SSSR count). The maximum Gasteiger partial charge on any atom is 0.416 e. The fraction of sp³-hybridized carbons (Fsp3) is 0.105. The van der Waals surface area contributed by atoms with Crippen molar-refractivity contribution in [1.82, 2.24) is 4.98 Å². The predicted molar refractivity (Wildman–Crippen MR) is 99.9 cm³/mol. The number of aliphatic hydroxyl groups excluding tert-OH is 1. The highest BCUT2D eigenvalue weighted by molar-refractivity contribution is 7.17. The molecule has 2 nitrogen and oxygen atoms in total. The van der Waals surface area contributed by atoms with E-state index in [4.69, 9.17) is 0 Å². The lowest BCUT2D eigenvalue weighted by Crippen LogP contribution is -2.05. The molecule has 0 radical (unpaired) electrons. The Morgan fingerprint density at radius 2 is 1.81 bits per heavy atom. The fourth-order valence-corrected chi connectivity index (χ4v) is 3.92. The van der Waals surface area contributed by atoms with E-state index in [1.165, 1.54) is 23.5 Å². The molecule has 0 fully saturated rings. The highest BCUT2D eigenvalue weighted by atomic mass is 35.5. The number of rotatable bonds is 2. The molecule has 0 saturated heterocycles. The van der Waals surface area contributed by atoms with E-state index in [-0.39, 0.29) is 12.4 Å². The number of thiophene rings is 1. The first-order valence-corrected chi connectivity index (χ1v) is 8.43. The number of halogens is 4. The van der Waals surface area contributed by atoms with Gasteiger partial charge in [0.25, 0.3) is 0 Å². The number of hydrogen-bond acceptors (Lipinski definition) is 3. The van der Waals surface area contributed by atoms with E-state index >= 15 is 0 Å². The molecule has 4 aromatic rings. The van der Waals surface area contributed by atoms with Crippen LogP contribution >= 0.6 is 23.7 Å². The Hall–Kier alpha value is -2.15. The summed E-state index contributed by atoms with van der Waals surface area (Å²) in [7, 11) is 0. The molecular formula is C19H13ClF3NOS. The predicted octanol–water partition coefficient (Wildman–Crippen LogP) is 5.97. The van der Waals surface area contributed by atoms with E-state index in [0.717, 1.165) is 10.8 Å². The number of fused-ring (bicyclic) bond motifs is 3. The van der Waals surface area contributed by atoms with E-state index in [9.17, 15) is 18.3 Å². The summed E-state index contributed by atoms with van der Waals surface area (Å²) >= 11 is 1.40. The summed E-state index contributed by atoms with van der Waals surface area (Å²) in [5.41, 5.74) is 0.477. The molecule has 0 saturated carbocycles. The van der Waals surface area contributed by atoms with Crippen molar-refractivity contribution in [3.8, 4) is 0 Å². The van der Waals surface area contributed by atoms with Crippen molar-refractivity contribution in [2.45, 2.75) is 12.3 Å². The van der Waals surface area contributed by atoms with Gasteiger partial charge in [0.2, 0.25) is 0 Å². The molecule has 26 heavy (non-hydrogen) atoms. The zero-order valence-corrected chi connectivity index (χ0v) is 14.8. The first kappa shape index (κ1) is 18.6. The lowest BCUT2D eigenvalue weighted by Gasteiger charge is -2.14. The molecule has 1 N–H and O–H groups in total. The molecule has 2 heterocycles. The highest BCUT2D eigenvalue weighted by Gasteiger charge is 2.30. The van der Waals surface area contributed by atoms with Gasteiger partial charge in [-0.2, -0.15) is 13.2 Å². The Bertz CT molecular complexity index is 1060. The van der Waals surface area contributed by atoms with Crippen molar-refractivity contribution in [2.75, 3.05) is 0 Å². The zero-order valence-electron chi connectivity index (χ0n) is 13.2. The summed E-state index contributed by atoms with van der Waals surface area (Å²) in [5, 5.41) is 14.4. The Balaban J connectivity index is 0.00000196. The second-order valence-electron chi connectivity index (χ2n) is 5.72. The summed E-state index contributed by atoms with van der Waals surface area (Å²) in [4.78, 5) is 4.18. The maximum atomic E-state index is 13.0. The Morgan fingerprint density at radius 1 is 1.00 bits per heavy atom. The van der Waals surface area contributed by atoms with Crippen molar-refractivity contribution in [2.24, 2.45) is 0 Å². The minimum Gasteiger partial charge on any atom is -0.382 e. The van der Waals surface area contributed by atoms with Crippen molar-refractivity contribution < 1.29 is 18.3 Å². The van der Waals surface area contributed by atoms with Crippen LogP contribution in [0.25, 0.3) is 20.9 Å². The monoisotopic (exact) mass is 395 g/mol.